The number of carboxylic acid groups (broad SMARTS) is 1. The fourth-order valence-corrected chi connectivity index (χ4v) is 4.85. The normalized spacial score (nSPS) is 15.1. The van der Waals surface area contributed by atoms with Gasteiger partial charge in [0.2, 0.25) is 5.91 Å². The molecule has 2 aromatic heterocycles. The van der Waals surface area contributed by atoms with E-state index in [2.05, 4.69) is 4.98 Å². The van der Waals surface area contributed by atoms with E-state index in [4.69, 9.17) is 31.0 Å². The van der Waals surface area contributed by atoms with Crippen LogP contribution >= 0.6 is 11.6 Å². The minimum atomic E-state index is -0.939. The molecule has 38 heavy (non-hydrogen) atoms. The second-order valence-electron chi connectivity index (χ2n) is 9.00. The number of carbonyl (C=O) groups is 2. The van der Waals surface area contributed by atoms with Crippen molar-refractivity contribution in [3.8, 4) is 16.9 Å². The third-order valence-electron chi connectivity index (χ3n) is 6.46. The summed E-state index contributed by atoms with van der Waals surface area (Å²) in [6.45, 7) is 2.46. The molecule has 0 radical (unpaired) electrons. The highest BCUT2D eigenvalue weighted by atomic mass is 35.5. The first-order chi connectivity index (χ1) is 18.4. The molecular formula is C29H26ClN3O5. The topological polar surface area (TPSA) is 105 Å². The van der Waals surface area contributed by atoms with Crippen LogP contribution in [0, 0.1) is 0 Å². The lowest BCUT2D eigenvalue weighted by molar-refractivity contribution is -0.137. The Balaban J connectivity index is 1.47. The first-order valence-corrected chi connectivity index (χ1v) is 12.8. The third kappa shape index (κ3) is 5.40. The summed E-state index contributed by atoms with van der Waals surface area (Å²) in [5, 5.41) is 16.3. The molecule has 1 aliphatic rings. The molecule has 3 heterocycles. The van der Waals surface area contributed by atoms with Crippen molar-refractivity contribution in [1.82, 2.24) is 9.99 Å². The number of hydrazone groups is 1. The fourth-order valence-electron chi connectivity index (χ4n) is 4.58. The SMILES string of the molecule is CCOc1ccc2cc(C3CC(c4ccc(-c5ccoc5)cc4)=NN3C(=O)CCCC(=O)O)c(Cl)nc2c1. The number of amides is 1. The molecule has 0 aliphatic carbocycles. The first kappa shape index (κ1) is 25.5. The van der Waals surface area contributed by atoms with E-state index in [9.17, 15) is 9.59 Å². The van der Waals surface area contributed by atoms with E-state index in [-0.39, 0.29) is 30.3 Å². The quantitative estimate of drug-likeness (QED) is 0.248. The van der Waals surface area contributed by atoms with Gasteiger partial charge in [0.25, 0.3) is 0 Å². The van der Waals surface area contributed by atoms with Gasteiger partial charge in [0.15, 0.2) is 0 Å². The maximum absolute atomic E-state index is 13.2. The maximum Gasteiger partial charge on any atom is 0.303 e. The van der Waals surface area contributed by atoms with Crippen molar-refractivity contribution in [1.29, 1.82) is 0 Å². The van der Waals surface area contributed by atoms with Crippen LogP contribution in [-0.4, -0.2) is 39.3 Å². The second-order valence-corrected chi connectivity index (χ2v) is 9.36. The summed E-state index contributed by atoms with van der Waals surface area (Å²) in [6, 6.07) is 16.9. The Morgan fingerprint density at radius 2 is 1.87 bits per heavy atom. The largest absolute Gasteiger partial charge is 0.494 e. The highest BCUT2D eigenvalue weighted by molar-refractivity contribution is 6.30. The van der Waals surface area contributed by atoms with E-state index in [0.717, 1.165) is 27.8 Å². The number of carbonyl (C=O) groups excluding carboxylic acids is 1. The number of nitrogens with zero attached hydrogens (tertiary/aromatic N) is 3. The first-order valence-electron chi connectivity index (χ1n) is 12.4. The highest BCUT2D eigenvalue weighted by Crippen LogP contribution is 2.38. The van der Waals surface area contributed by atoms with Crippen LogP contribution in [0.25, 0.3) is 22.0 Å². The zero-order valence-corrected chi connectivity index (χ0v) is 21.5. The van der Waals surface area contributed by atoms with E-state index in [1.807, 2.05) is 61.5 Å². The number of aliphatic carboxylic acids is 1. The Bertz CT molecular complexity index is 1500. The number of benzene rings is 2. The van der Waals surface area contributed by atoms with Crippen LogP contribution in [0.15, 0.2) is 76.6 Å². The standard InChI is InChI=1S/C29H26ClN3O5/c1-2-38-22-11-10-20-14-23(29(30)31-24(20)15-22)26-16-25(32-33(26)27(34)4-3-5-28(35)36)19-8-6-18(7-9-19)21-12-13-37-17-21/h6-15,17,26H,2-5,16H2,1H3,(H,35,36). The van der Waals surface area contributed by atoms with Crippen LogP contribution in [-0.2, 0) is 9.59 Å². The minimum Gasteiger partial charge on any atom is -0.494 e. The molecule has 1 atom stereocenters. The second kappa shape index (κ2) is 11.1. The van der Waals surface area contributed by atoms with Crippen molar-refractivity contribution in [2.75, 3.05) is 6.61 Å². The molecule has 0 spiro atoms. The molecule has 1 amide bonds. The van der Waals surface area contributed by atoms with Gasteiger partial charge < -0.3 is 14.3 Å². The Kier molecular flexibility index (Phi) is 7.42. The average Bonchev–Trinajstić information content (AvgIpc) is 3.59. The maximum atomic E-state index is 13.2. The number of furan rings is 1. The van der Waals surface area contributed by atoms with Crippen molar-refractivity contribution in [2.45, 2.75) is 38.6 Å². The molecule has 2 aromatic carbocycles. The number of hydrogen-bond acceptors (Lipinski definition) is 6. The third-order valence-corrected chi connectivity index (χ3v) is 6.76. The van der Waals surface area contributed by atoms with Crippen molar-refractivity contribution in [2.24, 2.45) is 5.10 Å². The Hall–Kier alpha value is -4.17. The van der Waals surface area contributed by atoms with Gasteiger partial charge >= 0.3 is 5.97 Å². The van der Waals surface area contributed by atoms with Crippen molar-refractivity contribution >= 4 is 40.1 Å². The molecule has 8 nitrogen and oxygen atoms in total. The van der Waals surface area contributed by atoms with E-state index < -0.39 is 12.0 Å². The summed E-state index contributed by atoms with van der Waals surface area (Å²) in [6.07, 6.45) is 3.96. The average molecular weight is 532 g/mol. The number of hydrogen-bond donors (Lipinski definition) is 1. The van der Waals surface area contributed by atoms with Gasteiger partial charge in [0.1, 0.15) is 10.9 Å². The molecule has 4 aromatic rings. The Morgan fingerprint density at radius 1 is 1.08 bits per heavy atom. The molecule has 1 N–H and O–H groups in total. The number of aromatic nitrogens is 1. The van der Waals surface area contributed by atoms with Gasteiger partial charge in [0, 0.05) is 41.8 Å². The molecule has 1 aliphatic heterocycles. The van der Waals surface area contributed by atoms with Gasteiger partial charge in [-0.15, -0.1) is 0 Å². The predicted molar refractivity (Wildman–Crippen MR) is 144 cm³/mol. The van der Waals surface area contributed by atoms with Crippen LogP contribution < -0.4 is 4.74 Å². The number of halogens is 1. The van der Waals surface area contributed by atoms with E-state index in [1.165, 1.54) is 5.01 Å². The van der Waals surface area contributed by atoms with Gasteiger partial charge in [-0.05, 0) is 48.7 Å². The number of fused-ring (bicyclic) bond motifs is 1. The Labute approximate surface area is 224 Å². The van der Waals surface area contributed by atoms with Crippen molar-refractivity contribution in [3.63, 3.8) is 0 Å². The van der Waals surface area contributed by atoms with Gasteiger partial charge in [-0.25, -0.2) is 9.99 Å². The molecule has 0 fully saturated rings. The molecule has 0 saturated carbocycles. The van der Waals surface area contributed by atoms with Crippen LogP contribution in [0.1, 0.15) is 49.8 Å². The van der Waals surface area contributed by atoms with Crippen LogP contribution in [0.3, 0.4) is 0 Å². The molecule has 194 valence electrons. The summed E-state index contributed by atoms with van der Waals surface area (Å²) in [7, 11) is 0. The minimum absolute atomic E-state index is 0.0648. The molecule has 5 rings (SSSR count). The van der Waals surface area contributed by atoms with Crippen molar-refractivity contribution in [3.05, 3.63) is 83.4 Å². The van der Waals surface area contributed by atoms with Crippen LogP contribution in [0.4, 0.5) is 0 Å². The van der Waals surface area contributed by atoms with Crippen LogP contribution in [0.2, 0.25) is 5.15 Å². The van der Waals surface area contributed by atoms with E-state index in [1.54, 1.807) is 12.5 Å². The van der Waals surface area contributed by atoms with Gasteiger partial charge in [0.05, 0.1) is 36.4 Å². The van der Waals surface area contributed by atoms with Crippen LogP contribution in [0.5, 0.6) is 5.75 Å². The van der Waals surface area contributed by atoms with E-state index in [0.29, 0.717) is 29.9 Å². The zero-order chi connectivity index (χ0) is 26.6. The lowest BCUT2D eigenvalue weighted by Gasteiger charge is -2.23. The summed E-state index contributed by atoms with van der Waals surface area (Å²) >= 11 is 6.67. The summed E-state index contributed by atoms with van der Waals surface area (Å²) in [5.74, 6) is -0.494. The molecule has 1 unspecified atom stereocenters. The summed E-state index contributed by atoms with van der Waals surface area (Å²) < 4.78 is 10.8. The lowest BCUT2D eigenvalue weighted by Crippen LogP contribution is -2.27. The molecule has 9 heteroatoms. The van der Waals surface area contributed by atoms with Gasteiger partial charge in [-0.2, -0.15) is 5.10 Å². The monoisotopic (exact) mass is 531 g/mol. The lowest BCUT2D eigenvalue weighted by atomic mass is 9.97. The number of pyridine rings is 1. The summed E-state index contributed by atoms with van der Waals surface area (Å²) in [4.78, 5) is 28.8. The number of ether oxygens (including phenoxy) is 1. The zero-order valence-electron chi connectivity index (χ0n) is 20.8. The smallest absolute Gasteiger partial charge is 0.303 e. The molecular weight excluding hydrogens is 506 g/mol. The van der Waals surface area contributed by atoms with Gasteiger partial charge in [-0.1, -0.05) is 35.9 Å². The fraction of sp³-hybridized carbons (Fsp3) is 0.241. The molecule has 0 saturated heterocycles. The number of rotatable bonds is 9. The Morgan fingerprint density at radius 3 is 2.58 bits per heavy atom. The highest BCUT2D eigenvalue weighted by Gasteiger charge is 2.34. The van der Waals surface area contributed by atoms with E-state index >= 15 is 0 Å². The van der Waals surface area contributed by atoms with Gasteiger partial charge in [-0.3, -0.25) is 9.59 Å². The number of carboxylic acids is 1. The van der Waals surface area contributed by atoms with Crippen molar-refractivity contribution < 1.29 is 23.8 Å². The summed E-state index contributed by atoms with van der Waals surface area (Å²) in [5.41, 5.74) is 4.98. The predicted octanol–water partition coefficient (Wildman–Crippen LogP) is 6.48. The molecule has 0 bridgehead atoms.